The number of anilines is 3. The molecule has 2 amide bonds. The second-order valence-electron chi connectivity index (χ2n) is 9.58. The van der Waals surface area contributed by atoms with E-state index in [2.05, 4.69) is 30.7 Å². The molecule has 5 heterocycles. The number of benzene rings is 1. The van der Waals surface area contributed by atoms with Crippen LogP contribution < -0.4 is 29.9 Å². The van der Waals surface area contributed by atoms with Crippen molar-refractivity contribution in [2.75, 3.05) is 55.5 Å². The molecule has 0 saturated carbocycles. The van der Waals surface area contributed by atoms with Gasteiger partial charge in [-0.2, -0.15) is 0 Å². The molecule has 3 aromatic rings. The van der Waals surface area contributed by atoms with Crippen molar-refractivity contribution in [3.63, 3.8) is 0 Å². The Hall–Kier alpha value is -4.19. The van der Waals surface area contributed by atoms with Crippen molar-refractivity contribution in [1.82, 2.24) is 20.5 Å². The van der Waals surface area contributed by atoms with Crippen LogP contribution in [0.3, 0.4) is 0 Å². The quantitative estimate of drug-likeness (QED) is 0.513. The van der Waals surface area contributed by atoms with Gasteiger partial charge in [0.1, 0.15) is 0 Å². The van der Waals surface area contributed by atoms with Gasteiger partial charge in [0.25, 0.3) is 5.91 Å². The molecule has 12 heteroatoms. The van der Waals surface area contributed by atoms with Crippen LogP contribution in [0, 0.1) is 5.41 Å². The van der Waals surface area contributed by atoms with E-state index in [0.717, 1.165) is 50.3 Å². The maximum Gasteiger partial charge on any atom is 0.326 e. The molecule has 1 spiro atoms. The number of rotatable bonds is 6. The third-order valence-corrected chi connectivity index (χ3v) is 7.46. The Labute approximate surface area is 212 Å². The van der Waals surface area contributed by atoms with Gasteiger partial charge >= 0.3 is 17.8 Å². The minimum atomic E-state index is -0.572. The van der Waals surface area contributed by atoms with Crippen LogP contribution in [0.25, 0.3) is 0 Å². The average Bonchev–Trinajstić information content (AvgIpc) is 3.52. The average molecular weight is 506 g/mol. The van der Waals surface area contributed by atoms with E-state index in [1.165, 1.54) is 19.1 Å². The van der Waals surface area contributed by atoms with Crippen LogP contribution in [-0.2, 0) is 6.54 Å². The third kappa shape index (κ3) is 4.02. The molecule has 2 N–H and O–H groups in total. The molecule has 2 aromatic heterocycles. The van der Waals surface area contributed by atoms with Gasteiger partial charge in [0.05, 0.1) is 38.3 Å². The molecule has 2 fully saturated rings. The zero-order chi connectivity index (χ0) is 25.6. The van der Waals surface area contributed by atoms with Crippen molar-refractivity contribution in [2.45, 2.75) is 19.4 Å². The lowest BCUT2D eigenvalue weighted by Gasteiger charge is -2.49. The number of carbonyl (C=O) groups is 2. The van der Waals surface area contributed by atoms with Crippen molar-refractivity contribution in [3.05, 3.63) is 47.6 Å². The summed E-state index contributed by atoms with van der Waals surface area (Å²) in [5.41, 5.74) is 3.06. The first-order chi connectivity index (χ1) is 18.0. The predicted molar refractivity (Wildman–Crippen MR) is 133 cm³/mol. The fraction of sp³-hybridized carbons (Fsp3) is 0.400. The summed E-state index contributed by atoms with van der Waals surface area (Å²) in [6, 6.07) is 5.19. The lowest BCUT2D eigenvalue weighted by Crippen LogP contribution is -2.58. The number of ether oxygens (including phenoxy) is 2. The molecule has 37 heavy (non-hydrogen) atoms. The topological polar surface area (TPSA) is 135 Å². The summed E-state index contributed by atoms with van der Waals surface area (Å²) in [4.78, 5) is 33.8. The van der Waals surface area contributed by atoms with Gasteiger partial charge in [-0.3, -0.25) is 19.5 Å². The highest BCUT2D eigenvalue weighted by molar-refractivity contribution is 6.09. The molecule has 0 radical (unpaired) electrons. The molecule has 0 atom stereocenters. The van der Waals surface area contributed by atoms with E-state index in [4.69, 9.17) is 13.9 Å². The molecule has 12 nitrogen and oxygen atoms in total. The lowest BCUT2D eigenvalue weighted by atomic mass is 9.73. The number of methoxy groups -OCH3 is 2. The molecule has 0 unspecified atom stereocenters. The molecule has 0 aliphatic carbocycles. The Morgan fingerprint density at radius 1 is 1.14 bits per heavy atom. The molecule has 2 saturated heterocycles. The first-order valence-electron chi connectivity index (χ1n) is 12.1. The number of pyridine rings is 1. The minimum Gasteiger partial charge on any atom is -0.493 e. The number of hydrogen-bond acceptors (Lipinski definition) is 10. The van der Waals surface area contributed by atoms with Crippen LogP contribution >= 0.6 is 0 Å². The van der Waals surface area contributed by atoms with E-state index in [1.807, 2.05) is 6.07 Å². The van der Waals surface area contributed by atoms with Gasteiger partial charge in [-0.1, -0.05) is 5.10 Å². The smallest absolute Gasteiger partial charge is 0.326 e. The normalized spacial score (nSPS) is 17.9. The minimum absolute atomic E-state index is 0.0638. The van der Waals surface area contributed by atoms with E-state index in [9.17, 15) is 9.59 Å². The number of aromatic nitrogens is 3. The van der Waals surface area contributed by atoms with E-state index in [0.29, 0.717) is 28.2 Å². The van der Waals surface area contributed by atoms with Crippen molar-refractivity contribution < 1.29 is 23.5 Å². The number of amides is 2. The van der Waals surface area contributed by atoms with Crippen molar-refractivity contribution in [2.24, 2.45) is 5.41 Å². The first-order valence-corrected chi connectivity index (χ1v) is 12.1. The number of fused-ring (bicyclic) bond motifs is 1. The van der Waals surface area contributed by atoms with Gasteiger partial charge < -0.3 is 29.4 Å². The van der Waals surface area contributed by atoms with Crippen LogP contribution in [0.5, 0.6) is 11.5 Å². The Balaban J connectivity index is 1.17. The lowest BCUT2D eigenvalue weighted by molar-refractivity contribution is 0.0971. The predicted octanol–water partition coefficient (Wildman–Crippen LogP) is 2.08. The second-order valence-corrected chi connectivity index (χ2v) is 9.58. The number of nitrogens with zero attached hydrogens (tertiary/aromatic N) is 5. The van der Waals surface area contributed by atoms with E-state index in [1.54, 1.807) is 24.5 Å². The molecule has 6 rings (SSSR count). The zero-order valence-corrected chi connectivity index (χ0v) is 20.6. The maximum absolute atomic E-state index is 13.0. The fourth-order valence-electron chi connectivity index (χ4n) is 5.20. The van der Waals surface area contributed by atoms with Gasteiger partial charge in [-0.25, -0.2) is 0 Å². The summed E-state index contributed by atoms with van der Waals surface area (Å²) >= 11 is 0. The molecule has 192 valence electrons. The Kier molecular flexibility index (Phi) is 5.67. The summed E-state index contributed by atoms with van der Waals surface area (Å²) in [5.74, 6) is -0.186. The second kappa shape index (κ2) is 9.04. The van der Waals surface area contributed by atoms with Gasteiger partial charge in [0.15, 0.2) is 11.5 Å². The van der Waals surface area contributed by atoms with Crippen LogP contribution in [-0.4, -0.2) is 67.4 Å². The molecule has 3 aliphatic rings. The monoisotopic (exact) mass is 505 g/mol. The van der Waals surface area contributed by atoms with E-state index >= 15 is 0 Å². The number of nitrogens with one attached hydrogen (secondary N) is 2. The third-order valence-electron chi connectivity index (χ3n) is 7.46. The fourth-order valence-corrected chi connectivity index (χ4v) is 5.20. The first kappa shape index (κ1) is 23.2. The van der Waals surface area contributed by atoms with Gasteiger partial charge in [-0.05, 0) is 42.0 Å². The Bertz CT molecular complexity index is 1360. The molecular formula is C25H27N7O5. The van der Waals surface area contributed by atoms with Crippen molar-refractivity contribution in [3.8, 4) is 11.5 Å². The molecule has 0 bridgehead atoms. The van der Waals surface area contributed by atoms with Crippen molar-refractivity contribution in [1.29, 1.82) is 0 Å². The van der Waals surface area contributed by atoms with Crippen LogP contribution in [0.1, 0.15) is 39.4 Å². The summed E-state index contributed by atoms with van der Waals surface area (Å²) in [5, 5.41) is 14.1. The summed E-state index contributed by atoms with van der Waals surface area (Å²) in [6.45, 7) is 4.17. The molecule has 3 aliphatic heterocycles. The summed E-state index contributed by atoms with van der Waals surface area (Å²) in [6.07, 6.45) is 5.53. The zero-order valence-electron chi connectivity index (χ0n) is 20.6. The van der Waals surface area contributed by atoms with E-state index < -0.39 is 5.91 Å². The van der Waals surface area contributed by atoms with Crippen LogP contribution in [0.15, 0.2) is 35.0 Å². The largest absolute Gasteiger partial charge is 0.493 e. The van der Waals surface area contributed by atoms with Gasteiger partial charge in [0.2, 0.25) is 0 Å². The number of carbonyl (C=O) groups excluding carboxylic acids is 2. The maximum atomic E-state index is 13.0. The Morgan fingerprint density at radius 2 is 1.89 bits per heavy atom. The SMILES string of the molecule is COc1cc2c(cc1OC)C(=O)N(c1nnc(C(=O)Nc3cnccc3N3CCC4(CC3)CNC4)o1)C2. The molecule has 1 aromatic carbocycles. The number of hydrogen-bond donors (Lipinski definition) is 2. The van der Waals surface area contributed by atoms with Crippen molar-refractivity contribution >= 4 is 29.2 Å². The van der Waals surface area contributed by atoms with Crippen LogP contribution in [0.4, 0.5) is 17.4 Å². The summed E-state index contributed by atoms with van der Waals surface area (Å²) in [7, 11) is 3.04. The highest BCUT2D eigenvalue weighted by Crippen LogP contribution is 2.39. The highest BCUT2D eigenvalue weighted by Gasteiger charge is 2.40. The number of piperidine rings is 1. The Morgan fingerprint density at radius 3 is 2.59 bits per heavy atom. The van der Waals surface area contributed by atoms with Gasteiger partial charge in [-0.15, -0.1) is 5.10 Å². The molecular weight excluding hydrogens is 478 g/mol. The summed E-state index contributed by atoms with van der Waals surface area (Å²) < 4.78 is 16.3. The van der Waals surface area contributed by atoms with Crippen LogP contribution in [0.2, 0.25) is 0 Å². The van der Waals surface area contributed by atoms with E-state index in [-0.39, 0.29) is 24.4 Å². The highest BCUT2D eigenvalue weighted by atomic mass is 16.5. The van der Waals surface area contributed by atoms with Gasteiger partial charge in [0, 0.05) is 37.9 Å². The standard InChI is InChI=1S/C25H27N7O5/c1-35-19-9-15-12-32(23(34)16(15)10-20(19)36-2)24-30-29-22(37-24)21(33)28-17-11-26-6-3-18(17)31-7-4-25(5-8-31)13-27-14-25/h3,6,9-11,27H,4-5,7-8,12-14H2,1-2H3,(H,28,33).